The Balaban J connectivity index is 1.40. The standard InChI is InChI=1S/C21H17Cl2FN4S/c22-17-4-1-12(6-18(17)23)5-16(25)10-27-21-28-11-19(29-21)13-2-3-14-9-26-20(24)8-15(14)7-13/h1-4,6-9,11,16H,5,10,25H2,(H,27,28). The van der Waals surface area contributed by atoms with Gasteiger partial charge >= 0.3 is 0 Å². The lowest BCUT2D eigenvalue weighted by molar-refractivity contribution is 0.586. The van der Waals surface area contributed by atoms with E-state index < -0.39 is 5.95 Å². The van der Waals surface area contributed by atoms with Gasteiger partial charge in [0, 0.05) is 36.4 Å². The number of thiazole rings is 1. The average molecular weight is 447 g/mol. The molecule has 1 atom stereocenters. The number of hydrogen-bond donors (Lipinski definition) is 2. The van der Waals surface area contributed by atoms with Crippen LogP contribution in [0.1, 0.15) is 5.56 Å². The number of nitrogens with one attached hydrogen (secondary N) is 1. The number of benzene rings is 2. The van der Waals surface area contributed by atoms with E-state index in [9.17, 15) is 4.39 Å². The molecule has 2 aromatic heterocycles. The predicted octanol–water partition coefficient (Wildman–Crippen LogP) is 5.79. The molecular weight excluding hydrogens is 430 g/mol. The van der Waals surface area contributed by atoms with Crippen molar-refractivity contribution >= 4 is 50.4 Å². The molecule has 0 spiro atoms. The number of aromatic nitrogens is 2. The Kier molecular flexibility index (Phi) is 5.96. The number of hydrogen-bond acceptors (Lipinski definition) is 5. The molecule has 0 amide bonds. The number of halogens is 3. The van der Waals surface area contributed by atoms with E-state index in [0.717, 1.165) is 31.9 Å². The molecule has 3 N–H and O–H groups in total. The van der Waals surface area contributed by atoms with Gasteiger partial charge in [-0.05, 0) is 41.1 Å². The SMILES string of the molecule is NC(CNc1ncc(-c2ccc3cnc(F)cc3c2)s1)Cc1ccc(Cl)c(Cl)c1. The van der Waals surface area contributed by atoms with Crippen LogP contribution in [0.15, 0.2) is 54.9 Å². The molecule has 2 aromatic carbocycles. The highest BCUT2D eigenvalue weighted by Gasteiger charge is 2.09. The molecule has 2 heterocycles. The summed E-state index contributed by atoms with van der Waals surface area (Å²) in [6, 6.07) is 12.7. The van der Waals surface area contributed by atoms with Crippen LogP contribution in [0.25, 0.3) is 21.2 Å². The molecule has 0 aliphatic carbocycles. The summed E-state index contributed by atoms with van der Waals surface area (Å²) >= 11 is 13.5. The van der Waals surface area contributed by atoms with Gasteiger partial charge in [-0.25, -0.2) is 9.97 Å². The monoisotopic (exact) mass is 446 g/mol. The van der Waals surface area contributed by atoms with Crippen molar-refractivity contribution in [3.8, 4) is 10.4 Å². The van der Waals surface area contributed by atoms with E-state index in [2.05, 4.69) is 15.3 Å². The summed E-state index contributed by atoms with van der Waals surface area (Å²) in [6.45, 7) is 0.571. The van der Waals surface area contributed by atoms with Crippen LogP contribution < -0.4 is 11.1 Å². The van der Waals surface area contributed by atoms with Gasteiger partial charge in [-0.3, -0.25) is 0 Å². The molecule has 4 aromatic rings. The fourth-order valence-corrected chi connectivity index (χ4v) is 4.16. The summed E-state index contributed by atoms with van der Waals surface area (Å²) in [5, 5.41) is 6.83. The molecule has 0 saturated carbocycles. The minimum atomic E-state index is -0.489. The van der Waals surface area contributed by atoms with E-state index in [4.69, 9.17) is 28.9 Å². The maximum Gasteiger partial charge on any atom is 0.213 e. The predicted molar refractivity (Wildman–Crippen MR) is 119 cm³/mol. The van der Waals surface area contributed by atoms with Gasteiger partial charge in [-0.2, -0.15) is 4.39 Å². The minimum absolute atomic E-state index is 0.101. The molecule has 0 aliphatic rings. The fourth-order valence-electron chi connectivity index (χ4n) is 3.02. The van der Waals surface area contributed by atoms with Gasteiger partial charge in [0.2, 0.25) is 5.95 Å². The van der Waals surface area contributed by atoms with Crippen molar-refractivity contribution in [2.24, 2.45) is 5.73 Å². The number of nitrogens with two attached hydrogens (primary N) is 1. The van der Waals surface area contributed by atoms with Crippen molar-refractivity contribution in [1.82, 2.24) is 9.97 Å². The number of rotatable bonds is 6. The molecule has 0 bridgehead atoms. The minimum Gasteiger partial charge on any atom is -0.360 e. The van der Waals surface area contributed by atoms with Crippen molar-refractivity contribution in [1.29, 1.82) is 0 Å². The van der Waals surface area contributed by atoms with Crippen LogP contribution in [0, 0.1) is 5.95 Å². The molecule has 0 fully saturated rings. The molecule has 0 aliphatic heterocycles. The van der Waals surface area contributed by atoms with Crippen molar-refractivity contribution in [2.45, 2.75) is 12.5 Å². The Morgan fingerprint density at radius 3 is 2.69 bits per heavy atom. The highest BCUT2D eigenvalue weighted by atomic mass is 35.5. The van der Waals surface area contributed by atoms with Crippen LogP contribution in [-0.2, 0) is 6.42 Å². The normalized spacial score (nSPS) is 12.3. The van der Waals surface area contributed by atoms with E-state index in [1.165, 1.54) is 23.6 Å². The first-order valence-corrected chi connectivity index (χ1v) is 10.5. The van der Waals surface area contributed by atoms with E-state index >= 15 is 0 Å². The molecular formula is C21H17Cl2FN4S. The number of pyridine rings is 1. The maximum absolute atomic E-state index is 13.4. The van der Waals surface area contributed by atoms with Gasteiger partial charge in [0.1, 0.15) is 0 Å². The summed E-state index contributed by atoms with van der Waals surface area (Å²) in [5.41, 5.74) is 8.25. The topological polar surface area (TPSA) is 63.8 Å². The Morgan fingerprint density at radius 2 is 1.86 bits per heavy atom. The third kappa shape index (κ3) is 4.85. The zero-order valence-corrected chi connectivity index (χ0v) is 17.5. The second-order valence-corrected chi connectivity index (χ2v) is 8.54. The van der Waals surface area contributed by atoms with Crippen LogP contribution in [0.3, 0.4) is 0 Å². The first-order chi connectivity index (χ1) is 14.0. The Morgan fingerprint density at radius 1 is 1.00 bits per heavy atom. The van der Waals surface area contributed by atoms with Crippen molar-refractivity contribution < 1.29 is 4.39 Å². The average Bonchev–Trinajstić information content (AvgIpc) is 3.18. The highest BCUT2D eigenvalue weighted by Crippen LogP contribution is 2.31. The Bertz CT molecular complexity index is 1160. The summed E-state index contributed by atoms with van der Waals surface area (Å²) in [7, 11) is 0. The molecule has 8 heteroatoms. The lowest BCUT2D eigenvalue weighted by Gasteiger charge is -2.12. The summed E-state index contributed by atoms with van der Waals surface area (Å²) in [6.07, 6.45) is 4.01. The molecule has 1 unspecified atom stereocenters. The fraction of sp³-hybridized carbons (Fsp3) is 0.143. The van der Waals surface area contributed by atoms with Gasteiger partial charge in [-0.15, -0.1) is 0 Å². The van der Waals surface area contributed by atoms with E-state index in [-0.39, 0.29) is 6.04 Å². The zero-order chi connectivity index (χ0) is 20.4. The van der Waals surface area contributed by atoms with Crippen LogP contribution in [-0.4, -0.2) is 22.6 Å². The first kappa shape index (κ1) is 20.0. The molecule has 148 valence electrons. The quantitative estimate of drug-likeness (QED) is 0.368. The lowest BCUT2D eigenvalue weighted by Crippen LogP contribution is -2.31. The number of fused-ring (bicyclic) bond motifs is 1. The second-order valence-electron chi connectivity index (χ2n) is 6.69. The van der Waals surface area contributed by atoms with Crippen molar-refractivity contribution in [2.75, 3.05) is 11.9 Å². The van der Waals surface area contributed by atoms with E-state index in [1.807, 2.05) is 30.3 Å². The van der Waals surface area contributed by atoms with E-state index in [1.54, 1.807) is 12.3 Å². The van der Waals surface area contributed by atoms with Gasteiger partial charge in [0.05, 0.1) is 14.9 Å². The molecule has 4 rings (SSSR count). The van der Waals surface area contributed by atoms with Crippen molar-refractivity contribution in [3.05, 3.63) is 76.4 Å². The van der Waals surface area contributed by atoms with Crippen LogP contribution >= 0.6 is 34.5 Å². The second kappa shape index (κ2) is 8.63. The van der Waals surface area contributed by atoms with Gasteiger partial charge < -0.3 is 11.1 Å². The van der Waals surface area contributed by atoms with Crippen molar-refractivity contribution in [3.63, 3.8) is 0 Å². The van der Waals surface area contributed by atoms with Gasteiger partial charge in [0.25, 0.3) is 0 Å². The van der Waals surface area contributed by atoms with E-state index in [0.29, 0.717) is 23.0 Å². The summed E-state index contributed by atoms with van der Waals surface area (Å²) in [5.74, 6) is -0.489. The summed E-state index contributed by atoms with van der Waals surface area (Å²) < 4.78 is 13.4. The molecule has 4 nitrogen and oxygen atoms in total. The number of anilines is 1. The van der Waals surface area contributed by atoms with Crippen LogP contribution in [0.4, 0.5) is 9.52 Å². The van der Waals surface area contributed by atoms with Crippen LogP contribution in [0.2, 0.25) is 10.0 Å². The molecule has 0 saturated heterocycles. The number of nitrogens with zero attached hydrogens (tertiary/aromatic N) is 2. The Labute approximate surface area is 181 Å². The first-order valence-electron chi connectivity index (χ1n) is 8.93. The van der Waals surface area contributed by atoms with Gasteiger partial charge in [0.15, 0.2) is 5.13 Å². The molecule has 0 radical (unpaired) electrons. The summed E-state index contributed by atoms with van der Waals surface area (Å²) in [4.78, 5) is 9.09. The highest BCUT2D eigenvalue weighted by molar-refractivity contribution is 7.18. The third-order valence-corrected chi connectivity index (χ3v) is 6.22. The zero-order valence-electron chi connectivity index (χ0n) is 15.2. The van der Waals surface area contributed by atoms with Gasteiger partial charge in [-0.1, -0.05) is 52.7 Å². The lowest BCUT2D eigenvalue weighted by atomic mass is 10.1. The Hall–Kier alpha value is -2.25. The van der Waals surface area contributed by atoms with Crippen LogP contribution in [0.5, 0.6) is 0 Å². The third-order valence-electron chi connectivity index (χ3n) is 4.48. The smallest absolute Gasteiger partial charge is 0.213 e. The largest absolute Gasteiger partial charge is 0.360 e. The molecule has 29 heavy (non-hydrogen) atoms. The maximum atomic E-state index is 13.4.